The molecule has 0 fully saturated rings. The Bertz CT molecular complexity index is 816. The van der Waals surface area contributed by atoms with Crippen molar-refractivity contribution in [3.05, 3.63) is 60.2 Å². The van der Waals surface area contributed by atoms with Crippen LogP contribution in [0.1, 0.15) is 31.9 Å². The SMILES string of the molecule is C=C(C)c1c(OCC)cc(CC(C=Nc2ccccc2)C(=O)O)cc1OCC. The lowest BCUT2D eigenvalue weighted by atomic mass is 9.96. The second-order valence-electron chi connectivity index (χ2n) is 6.38. The number of benzene rings is 2. The molecule has 0 aliphatic rings. The van der Waals surface area contributed by atoms with Crippen molar-refractivity contribution in [2.75, 3.05) is 13.2 Å². The van der Waals surface area contributed by atoms with Crippen molar-refractivity contribution >= 4 is 23.4 Å². The van der Waals surface area contributed by atoms with Crippen molar-refractivity contribution in [2.45, 2.75) is 27.2 Å². The van der Waals surface area contributed by atoms with Crippen LogP contribution in [-0.4, -0.2) is 30.5 Å². The van der Waals surface area contributed by atoms with Gasteiger partial charge in [0, 0.05) is 6.21 Å². The van der Waals surface area contributed by atoms with Gasteiger partial charge in [0.25, 0.3) is 0 Å². The fourth-order valence-electron chi connectivity index (χ4n) is 2.87. The van der Waals surface area contributed by atoms with Crippen LogP contribution in [0.5, 0.6) is 11.5 Å². The number of hydrogen-bond donors (Lipinski definition) is 1. The van der Waals surface area contributed by atoms with E-state index in [0.717, 1.165) is 22.4 Å². The van der Waals surface area contributed by atoms with E-state index >= 15 is 0 Å². The van der Waals surface area contributed by atoms with Gasteiger partial charge in [-0.25, -0.2) is 0 Å². The molecule has 0 aromatic heterocycles. The number of carboxylic acids is 1. The Morgan fingerprint density at radius 2 is 1.71 bits per heavy atom. The summed E-state index contributed by atoms with van der Waals surface area (Å²) in [5.74, 6) is -0.389. The highest BCUT2D eigenvalue weighted by molar-refractivity contribution is 5.90. The van der Waals surface area contributed by atoms with E-state index in [9.17, 15) is 9.90 Å². The first kappa shape index (κ1) is 21.2. The van der Waals surface area contributed by atoms with E-state index in [1.54, 1.807) is 0 Å². The second kappa shape index (κ2) is 10.3. The first-order valence-electron chi connectivity index (χ1n) is 9.36. The number of para-hydroxylation sites is 1. The van der Waals surface area contributed by atoms with Gasteiger partial charge in [0.05, 0.1) is 30.4 Å². The maximum atomic E-state index is 11.8. The Balaban J connectivity index is 2.37. The van der Waals surface area contributed by atoms with Crippen LogP contribution in [0.2, 0.25) is 0 Å². The molecule has 28 heavy (non-hydrogen) atoms. The number of aliphatic carboxylic acids is 1. The van der Waals surface area contributed by atoms with Crippen LogP contribution >= 0.6 is 0 Å². The van der Waals surface area contributed by atoms with Gasteiger partial charge in [-0.15, -0.1) is 0 Å². The first-order chi connectivity index (χ1) is 13.5. The molecule has 2 aromatic carbocycles. The standard InChI is InChI=1S/C23H27NO4/c1-5-27-20-13-17(14-21(28-6-2)22(20)16(3)4)12-18(23(25)26)15-24-19-10-8-7-9-11-19/h7-11,13-15,18H,3,5-6,12H2,1-2,4H3,(H,25,26). The molecule has 0 saturated carbocycles. The van der Waals surface area contributed by atoms with Crippen LogP contribution in [0.25, 0.3) is 5.57 Å². The van der Waals surface area contributed by atoms with Crippen molar-refractivity contribution in [1.82, 2.24) is 0 Å². The van der Waals surface area contributed by atoms with E-state index in [-0.39, 0.29) is 6.42 Å². The summed E-state index contributed by atoms with van der Waals surface area (Å²) in [6.07, 6.45) is 1.76. The van der Waals surface area contributed by atoms with Crippen LogP contribution in [-0.2, 0) is 11.2 Å². The van der Waals surface area contributed by atoms with Crippen molar-refractivity contribution < 1.29 is 19.4 Å². The summed E-state index contributed by atoms with van der Waals surface area (Å²) < 4.78 is 11.6. The van der Waals surface area contributed by atoms with E-state index < -0.39 is 11.9 Å². The van der Waals surface area contributed by atoms with Crippen molar-refractivity contribution in [3.8, 4) is 11.5 Å². The minimum Gasteiger partial charge on any atom is -0.493 e. The predicted molar refractivity (Wildman–Crippen MR) is 113 cm³/mol. The topological polar surface area (TPSA) is 68.1 Å². The van der Waals surface area contributed by atoms with Gasteiger partial charge in [0.1, 0.15) is 11.5 Å². The molecule has 0 saturated heterocycles. The molecule has 0 heterocycles. The molecule has 0 aliphatic heterocycles. The third-order valence-corrected chi connectivity index (χ3v) is 4.08. The molecule has 1 N–H and O–H groups in total. The van der Waals surface area contributed by atoms with Crippen LogP contribution in [0.15, 0.2) is 54.0 Å². The van der Waals surface area contributed by atoms with Gasteiger partial charge >= 0.3 is 5.97 Å². The summed E-state index contributed by atoms with van der Waals surface area (Å²) >= 11 is 0. The Kier molecular flexibility index (Phi) is 7.81. The number of ether oxygens (including phenoxy) is 2. The van der Waals surface area contributed by atoms with E-state index in [1.165, 1.54) is 6.21 Å². The number of hydrogen-bond acceptors (Lipinski definition) is 4. The van der Waals surface area contributed by atoms with Gasteiger partial charge in [-0.3, -0.25) is 9.79 Å². The molecule has 1 atom stereocenters. The molecule has 0 aliphatic carbocycles. The minimum absolute atomic E-state index is 0.280. The van der Waals surface area contributed by atoms with Crippen molar-refractivity contribution in [3.63, 3.8) is 0 Å². The predicted octanol–water partition coefficient (Wildman–Crippen LogP) is 5.16. The lowest BCUT2D eigenvalue weighted by Gasteiger charge is -2.18. The normalized spacial score (nSPS) is 12.0. The van der Waals surface area contributed by atoms with Gasteiger partial charge in [-0.2, -0.15) is 0 Å². The zero-order valence-electron chi connectivity index (χ0n) is 16.6. The van der Waals surface area contributed by atoms with E-state index in [0.29, 0.717) is 24.7 Å². The summed E-state index contributed by atoms with van der Waals surface area (Å²) in [5, 5.41) is 9.63. The van der Waals surface area contributed by atoms with Gasteiger partial charge in [-0.05, 0) is 62.6 Å². The van der Waals surface area contributed by atoms with E-state index in [2.05, 4.69) is 11.6 Å². The lowest BCUT2D eigenvalue weighted by Crippen LogP contribution is -2.18. The Hall–Kier alpha value is -3.08. The molecule has 148 valence electrons. The summed E-state index contributed by atoms with van der Waals surface area (Å²) in [5.41, 5.74) is 3.18. The number of rotatable bonds is 10. The van der Waals surface area contributed by atoms with Gasteiger partial charge in [-0.1, -0.05) is 24.8 Å². The molecule has 5 heteroatoms. The maximum Gasteiger partial charge on any atom is 0.312 e. The van der Waals surface area contributed by atoms with Gasteiger partial charge in [0.15, 0.2) is 0 Å². The fourth-order valence-corrected chi connectivity index (χ4v) is 2.87. The summed E-state index contributed by atoms with van der Waals surface area (Å²) in [4.78, 5) is 16.1. The Morgan fingerprint density at radius 1 is 1.14 bits per heavy atom. The summed E-state index contributed by atoms with van der Waals surface area (Å²) in [7, 11) is 0. The molecule has 0 bridgehead atoms. The van der Waals surface area contributed by atoms with Crippen LogP contribution < -0.4 is 9.47 Å². The van der Waals surface area contributed by atoms with Crippen molar-refractivity contribution in [2.24, 2.45) is 10.9 Å². The summed E-state index contributed by atoms with van der Waals surface area (Å²) in [6.45, 7) is 10.7. The average Bonchev–Trinajstić information content (AvgIpc) is 2.66. The molecular weight excluding hydrogens is 354 g/mol. The number of carboxylic acid groups (broad SMARTS) is 1. The van der Waals surface area contributed by atoms with Crippen LogP contribution in [0.3, 0.4) is 0 Å². The van der Waals surface area contributed by atoms with Crippen LogP contribution in [0.4, 0.5) is 5.69 Å². The number of allylic oxidation sites excluding steroid dienone is 1. The van der Waals surface area contributed by atoms with Gasteiger partial charge < -0.3 is 14.6 Å². The highest BCUT2D eigenvalue weighted by Gasteiger charge is 2.20. The zero-order chi connectivity index (χ0) is 20.5. The molecular formula is C23H27NO4. The molecule has 0 radical (unpaired) electrons. The fraction of sp³-hybridized carbons (Fsp3) is 0.304. The van der Waals surface area contributed by atoms with Gasteiger partial charge in [0.2, 0.25) is 0 Å². The molecule has 2 aromatic rings. The average molecular weight is 381 g/mol. The number of carbonyl (C=O) groups is 1. The summed E-state index contributed by atoms with van der Waals surface area (Å²) in [6, 6.07) is 13.0. The minimum atomic E-state index is -0.931. The molecule has 5 nitrogen and oxygen atoms in total. The van der Waals surface area contributed by atoms with Crippen molar-refractivity contribution in [1.29, 1.82) is 0 Å². The van der Waals surface area contributed by atoms with E-state index in [4.69, 9.17) is 9.47 Å². The smallest absolute Gasteiger partial charge is 0.312 e. The van der Waals surface area contributed by atoms with Crippen LogP contribution in [0, 0.1) is 5.92 Å². The Labute approximate surface area is 166 Å². The largest absolute Gasteiger partial charge is 0.493 e. The number of aliphatic imine (C=N–C) groups is 1. The van der Waals surface area contributed by atoms with E-state index in [1.807, 2.05) is 63.2 Å². The monoisotopic (exact) mass is 381 g/mol. The highest BCUT2D eigenvalue weighted by atomic mass is 16.5. The second-order valence-corrected chi connectivity index (χ2v) is 6.38. The molecule has 1 unspecified atom stereocenters. The highest BCUT2D eigenvalue weighted by Crippen LogP contribution is 2.36. The molecule has 2 rings (SSSR count). The zero-order valence-corrected chi connectivity index (χ0v) is 16.6. The third kappa shape index (κ3) is 5.71. The first-order valence-corrected chi connectivity index (χ1v) is 9.36. The third-order valence-electron chi connectivity index (χ3n) is 4.08. The number of nitrogens with zero attached hydrogens (tertiary/aromatic N) is 1. The molecule has 0 spiro atoms. The Morgan fingerprint density at radius 3 is 2.18 bits per heavy atom. The lowest BCUT2D eigenvalue weighted by molar-refractivity contribution is -0.139. The quantitative estimate of drug-likeness (QED) is 0.577. The maximum absolute atomic E-state index is 11.8. The molecule has 0 amide bonds.